The molecular weight excluding hydrogens is 413 g/mol. The van der Waals surface area contributed by atoms with E-state index in [1.54, 1.807) is 0 Å². The van der Waals surface area contributed by atoms with E-state index < -0.39 is 23.4 Å². The first kappa shape index (κ1) is 23.1. The van der Waals surface area contributed by atoms with Gasteiger partial charge in [0.15, 0.2) is 0 Å². The Labute approximate surface area is 178 Å². The van der Waals surface area contributed by atoms with Crippen molar-refractivity contribution in [2.45, 2.75) is 64.4 Å². The van der Waals surface area contributed by atoms with E-state index in [-0.39, 0.29) is 23.5 Å². The van der Waals surface area contributed by atoms with Crippen molar-refractivity contribution in [3.05, 3.63) is 35.7 Å². The van der Waals surface area contributed by atoms with Crippen LogP contribution in [0.2, 0.25) is 0 Å². The van der Waals surface area contributed by atoms with Gasteiger partial charge in [-0.15, -0.1) is 0 Å². The summed E-state index contributed by atoms with van der Waals surface area (Å²) in [5.74, 6) is 0.459. The molecule has 10 heteroatoms. The van der Waals surface area contributed by atoms with Crippen LogP contribution in [0.25, 0.3) is 11.4 Å². The van der Waals surface area contributed by atoms with Crippen LogP contribution in [-0.2, 0) is 10.9 Å². The molecule has 1 atom stereocenters. The third-order valence-electron chi connectivity index (χ3n) is 5.05. The maximum absolute atomic E-state index is 12.9. The number of alkyl halides is 3. The highest BCUT2D eigenvalue weighted by Gasteiger charge is 2.31. The van der Waals surface area contributed by atoms with Crippen molar-refractivity contribution in [2.75, 3.05) is 13.1 Å². The number of alkyl carbamates (subject to hydrolysis) is 1. The molecule has 1 aliphatic heterocycles. The number of rotatable bonds is 4. The van der Waals surface area contributed by atoms with Crippen LogP contribution < -0.4 is 5.32 Å². The number of hydrogen-bond acceptors (Lipinski definition) is 6. The van der Waals surface area contributed by atoms with Crippen LogP contribution in [0.3, 0.4) is 0 Å². The van der Waals surface area contributed by atoms with E-state index in [1.807, 2.05) is 27.7 Å². The summed E-state index contributed by atoms with van der Waals surface area (Å²) in [4.78, 5) is 18.4. The summed E-state index contributed by atoms with van der Waals surface area (Å²) in [5.41, 5.74) is -1.06. The van der Waals surface area contributed by atoms with E-state index in [4.69, 9.17) is 9.26 Å². The minimum absolute atomic E-state index is 0.0154. The first-order chi connectivity index (χ1) is 14.4. The summed E-state index contributed by atoms with van der Waals surface area (Å²) in [6, 6.07) is 4.66. The molecular formula is C21H27F3N4O3. The van der Waals surface area contributed by atoms with Crippen molar-refractivity contribution in [3.8, 4) is 11.4 Å². The number of nitrogens with zero attached hydrogens (tertiary/aromatic N) is 3. The van der Waals surface area contributed by atoms with Crippen LogP contribution in [0.4, 0.5) is 18.0 Å². The fraction of sp³-hybridized carbons (Fsp3) is 0.571. The Kier molecular flexibility index (Phi) is 6.59. The maximum atomic E-state index is 12.9. The van der Waals surface area contributed by atoms with Crippen LogP contribution in [0.5, 0.6) is 0 Å². The molecule has 1 N–H and O–H groups in total. The average Bonchev–Trinajstić information content (AvgIpc) is 3.16. The van der Waals surface area contributed by atoms with Crippen molar-refractivity contribution in [1.82, 2.24) is 20.4 Å². The number of likely N-dealkylation sites (tertiary alicyclic amines) is 1. The highest BCUT2D eigenvalue weighted by molar-refractivity contribution is 5.68. The molecule has 170 valence electrons. The lowest BCUT2D eigenvalue weighted by atomic mass is 10.0. The molecule has 1 aromatic heterocycles. The molecule has 3 rings (SSSR count). The summed E-state index contributed by atoms with van der Waals surface area (Å²) >= 11 is 0. The number of carbonyl (C=O) groups excluding carboxylic acids is 1. The Morgan fingerprint density at radius 2 is 1.94 bits per heavy atom. The summed E-state index contributed by atoms with van der Waals surface area (Å²) in [6.45, 7) is 8.75. The Morgan fingerprint density at radius 3 is 2.55 bits per heavy atom. The highest BCUT2D eigenvalue weighted by atomic mass is 19.4. The molecule has 0 bridgehead atoms. The standard InChI is InChI=1S/C21H27F3N4O3/c1-13(28-10-8-16(9-11-28)25-19(29)30-20(2,3)4)18-26-17(27-31-18)14-6-5-7-15(12-14)21(22,23)24/h5-7,12-13,16H,8-11H2,1-4H3,(H,25,29). The number of carbonyl (C=O) groups is 1. The Morgan fingerprint density at radius 1 is 1.26 bits per heavy atom. The smallest absolute Gasteiger partial charge is 0.416 e. The van der Waals surface area contributed by atoms with Gasteiger partial charge in [-0.1, -0.05) is 17.3 Å². The third-order valence-corrected chi connectivity index (χ3v) is 5.05. The minimum atomic E-state index is -4.44. The normalized spacial score (nSPS) is 17.4. The summed E-state index contributed by atoms with van der Waals surface area (Å²) in [7, 11) is 0. The lowest BCUT2D eigenvalue weighted by molar-refractivity contribution is -0.137. The maximum Gasteiger partial charge on any atom is 0.416 e. The van der Waals surface area contributed by atoms with Crippen LogP contribution in [0, 0.1) is 0 Å². The number of halogens is 3. The molecule has 2 heterocycles. The van der Waals surface area contributed by atoms with Crippen LogP contribution >= 0.6 is 0 Å². The Hall–Kier alpha value is -2.62. The number of hydrogen-bond donors (Lipinski definition) is 1. The zero-order valence-corrected chi connectivity index (χ0v) is 18.0. The molecule has 1 amide bonds. The molecule has 1 saturated heterocycles. The zero-order valence-electron chi connectivity index (χ0n) is 18.0. The summed E-state index contributed by atoms with van der Waals surface area (Å²) < 4.78 is 49.5. The predicted octanol–water partition coefficient (Wildman–Crippen LogP) is 4.81. The predicted molar refractivity (Wildman–Crippen MR) is 107 cm³/mol. The highest BCUT2D eigenvalue weighted by Crippen LogP contribution is 2.32. The largest absolute Gasteiger partial charge is 0.444 e. The van der Waals surface area contributed by atoms with Crippen molar-refractivity contribution in [2.24, 2.45) is 0 Å². The number of benzene rings is 1. The van der Waals surface area contributed by atoms with Gasteiger partial charge < -0.3 is 14.6 Å². The van der Waals surface area contributed by atoms with E-state index in [0.717, 1.165) is 25.0 Å². The van der Waals surface area contributed by atoms with Crippen LogP contribution in [-0.4, -0.2) is 45.9 Å². The van der Waals surface area contributed by atoms with Crippen molar-refractivity contribution in [1.29, 1.82) is 0 Å². The molecule has 1 fully saturated rings. The molecule has 7 nitrogen and oxygen atoms in total. The topological polar surface area (TPSA) is 80.5 Å². The first-order valence-corrected chi connectivity index (χ1v) is 10.2. The van der Waals surface area contributed by atoms with Gasteiger partial charge in [0.05, 0.1) is 11.6 Å². The van der Waals surface area contributed by atoms with Gasteiger partial charge in [-0.25, -0.2) is 4.79 Å². The monoisotopic (exact) mass is 440 g/mol. The number of piperidine rings is 1. The van der Waals surface area contributed by atoms with E-state index >= 15 is 0 Å². The second kappa shape index (κ2) is 8.86. The van der Waals surface area contributed by atoms with Crippen molar-refractivity contribution >= 4 is 6.09 Å². The molecule has 1 aliphatic rings. The van der Waals surface area contributed by atoms with E-state index in [2.05, 4.69) is 20.4 Å². The average molecular weight is 440 g/mol. The van der Waals surface area contributed by atoms with Crippen LogP contribution in [0.15, 0.2) is 28.8 Å². The number of amides is 1. The fourth-order valence-electron chi connectivity index (χ4n) is 3.42. The molecule has 31 heavy (non-hydrogen) atoms. The van der Waals surface area contributed by atoms with Gasteiger partial charge in [0, 0.05) is 24.7 Å². The molecule has 0 aliphatic carbocycles. The number of nitrogens with one attached hydrogen (secondary N) is 1. The van der Waals surface area contributed by atoms with E-state index in [0.29, 0.717) is 19.0 Å². The second-order valence-electron chi connectivity index (χ2n) is 8.67. The third kappa shape index (κ3) is 6.19. The van der Waals surface area contributed by atoms with Crippen molar-refractivity contribution in [3.63, 3.8) is 0 Å². The molecule has 0 radical (unpaired) electrons. The van der Waals surface area contributed by atoms with Gasteiger partial charge in [0.25, 0.3) is 0 Å². The van der Waals surface area contributed by atoms with Gasteiger partial charge in [-0.2, -0.15) is 18.2 Å². The molecule has 0 saturated carbocycles. The lowest BCUT2D eigenvalue weighted by Crippen LogP contribution is -2.46. The van der Waals surface area contributed by atoms with Gasteiger partial charge in [0.2, 0.25) is 11.7 Å². The molecule has 0 spiro atoms. The zero-order chi connectivity index (χ0) is 22.8. The molecule has 2 aromatic rings. The fourth-order valence-corrected chi connectivity index (χ4v) is 3.42. The van der Waals surface area contributed by atoms with Crippen LogP contribution in [0.1, 0.15) is 58.0 Å². The minimum Gasteiger partial charge on any atom is -0.444 e. The quantitative estimate of drug-likeness (QED) is 0.735. The second-order valence-corrected chi connectivity index (χ2v) is 8.67. The summed E-state index contributed by atoms with van der Waals surface area (Å²) in [6.07, 6.45) is -3.40. The number of aromatic nitrogens is 2. The Bertz CT molecular complexity index is 900. The van der Waals surface area contributed by atoms with Gasteiger partial charge >= 0.3 is 12.3 Å². The Balaban J connectivity index is 1.58. The molecule has 1 unspecified atom stereocenters. The molecule has 1 aromatic carbocycles. The SMILES string of the molecule is CC(c1nc(-c2cccc(C(F)(F)F)c2)no1)N1CCC(NC(=O)OC(C)(C)C)CC1. The first-order valence-electron chi connectivity index (χ1n) is 10.2. The van der Waals surface area contributed by atoms with E-state index in [9.17, 15) is 18.0 Å². The lowest BCUT2D eigenvalue weighted by Gasteiger charge is -2.35. The van der Waals surface area contributed by atoms with Crippen molar-refractivity contribution < 1.29 is 27.2 Å². The van der Waals surface area contributed by atoms with Gasteiger partial charge in [-0.05, 0) is 52.7 Å². The van der Waals surface area contributed by atoms with E-state index in [1.165, 1.54) is 12.1 Å². The number of ether oxygens (including phenoxy) is 1. The van der Waals surface area contributed by atoms with Gasteiger partial charge in [0.1, 0.15) is 5.60 Å². The van der Waals surface area contributed by atoms with Gasteiger partial charge in [-0.3, -0.25) is 4.90 Å². The summed E-state index contributed by atoms with van der Waals surface area (Å²) in [5, 5.41) is 6.75.